The number of amides is 2. The molecule has 1 aromatic carbocycles. The van der Waals surface area contributed by atoms with Gasteiger partial charge in [0, 0.05) is 12.7 Å². The van der Waals surface area contributed by atoms with E-state index in [4.69, 9.17) is 9.47 Å². The number of carbonyl (C=O) groups excluding carboxylic acids is 2. The van der Waals surface area contributed by atoms with Crippen LogP contribution < -0.4 is 10.2 Å². The van der Waals surface area contributed by atoms with Crippen molar-refractivity contribution >= 4 is 17.9 Å². The van der Waals surface area contributed by atoms with Crippen molar-refractivity contribution < 1.29 is 19.1 Å². The predicted molar refractivity (Wildman–Crippen MR) is 69.2 cm³/mol. The summed E-state index contributed by atoms with van der Waals surface area (Å²) in [7, 11) is 1.47. The fourth-order valence-electron chi connectivity index (χ4n) is 1.86. The van der Waals surface area contributed by atoms with Crippen molar-refractivity contribution in [3.63, 3.8) is 0 Å². The lowest BCUT2D eigenvalue weighted by molar-refractivity contribution is 0.0745. The number of carbonyl (C=O) groups is 2. The topological polar surface area (TPSA) is 67.9 Å². The van der Waals surface area contributed by atoms with Crippen molar-refractivity contribution in [1.82, 2.24) is 5.32 Å². The van der Waals surface area contributed by atoms with Gasteiger partial charge in [0.15, 0.2) is 6.10 Å². The number of nitrogens with zero attached hydrogens (tertiary/aromatic N) is 1. The van der Waals surface area contributed by atoms with Gasteiger partial charge in [-0.15, -0.1) is 0 Å². The van der Waals surface area contributed by atoms with Gasteiger partial charge in [-0.25, -0.2) is 9.59 Å². The molecule has 6 heteroatoms. The van der Waals surface area contributed by atoms with Crippen LogP contribution in [0.5, 0.6) is 0 Å². The maximum absolute atomic E-state index is 11.8. The molecule has 0 aromatic heterocycles. The summed E-state index contributed by atoms with van der Waals surface area (Å²) in [5.74, 6) is 0. The van der Waals surface area contributed by atoms with E-state index in [-0.39, 0.29) is 6.61 Å². The minimum Gasteiger partial charge on any atom is -0.446 e. The number of hydrogen-bond acceptors (Lipinski definition) is 4. The second-order valence-corrected chi connectivity index (χ2v) is 4.30. The molecule has 1 N–H and O–H groups in total. The normalized spacial score (nSPS) is 18.1. The van der Waals surface area contributed by atoms with Gasteiger partial charge in [0.1, 0.15) is 6.61 Å². The van der Waals surface area contributed by atoms with Crippen LogP contribution in [-0.4, -0.2) is 38.5 Å². The van der Waals surface area contributed by atoms with Gasteiger partial charge in [0.05, 0.1) is 6.54 Å². The number of anilines is 1. The van der Waals surface area contributed by atoms with Gasteiger partial charge in [0.2, 0.25) is 0 Å². The average Bonchev–Trinajstić information content (AvgIpc) is 2.77. The summed E-state index contributed by atoms with van der Waals surface area (Å²) in [6.45, 7) is 2.38. The van der Waals surface area contributed by atoms with Crippen molar-refractivity contribution in [3.8, 4) is 0 Å². The maximum Gasteiger partial charge on any atom is 0.414 e. The van der Waals surface area contributed by atoms with Crippen LogP contribution >= 0.6 is 0 Å². The smallest absolute Gasteiger partial charge is 0.414 e. The van der Waals surface area contributed by atoms with E-state index in [2.05, 4.69) is 5.32 Å². The van der Waals surface area contributed by atoms with Crippen LogP contribution in [0.1, 0.15) is 5.56 Å². The van der Waals surface area contributed by atoms with E-state index in [9.17, 15) is 9.59 Å². The number of cyclic esters (lactones) is 1. The highest BCUT2D eigenvalue weighted by molar-refractivity contribution is 5.89. The van der Waals surface area contributed by atoms with Gasteiger partial charge in [0.25, 0.3) is 0 Å². The first-order valence-electron chi connectivity index (χ1n) is 5.99. The van der Waals surface area contributed by atoms with Crippen LogP contribution in [0.2, 0.25) is 0 Å². The summed E-state index contributed by atoms with van der Waals surface area (Å²) in [5.41, 5.74) is 1.85. The molecule has 1 saturated heterocycles. The molecule has 0 radical (unpaired) electrons. The second-order valence-electron chi connectivity index (χ2n) is 4.30. The monoisotopic (exact) mass is 264 g/mol. The SMILES string of the molecule is CNC(=O)OCC1CN(c2cccc(C)c2)C(=O)O1. The number of nitrogens with one attached hydrogen (secondary N) is 1. The number of ether oxygens (including phenoxy) is 2. The van der Waals surface area contributed by atoms with Gasteiger partial charge in [-0.2, -0.15) is 0 Å². The molecule has 1 aliphatic heterocycles. The number of benzene rings is 1. The van der Waals surface area contributed by atoms with E-state index in [0.29, 0.717) is 6.54 Å². The largest absolute Gasteiger partial charge is 0.446 e. The molecule has 0 bridgehead atoms. The Balaban J connectivity index is 1.98. The third-order valence-electron chi connectivity index (χ3n) is 2.79. The summed E-state index contributed by atoms with van der Waals surface area (Å²) in [4.78, 5) is 24.2. The lowest BCUT2D eigenvalue weighted by Crippen LogP contribution is -2.28. The summed E-state index contributed by atoms with van der Waals surface area (Å²) < 4.78 is 10.0. The van der Waals surface area contributed by atoms with Crippen molar-refractivity contribution in [2.45, 2.75) is 13.0 Å². The molecule has 102 valence electrons. The minimum atomic E-state index is -0.537. The molecule has 1 atom stereocenters. The zero-order valence-corrected chi connectivity index (χ0v) is 10.9. The summed E-state index contributed by atoms with van der Waals surface area (Å²) in [6, 6.07) is 7.59. The summed E-state index contributed by atoms with van der Waals surface area (Å²) in [5, 5.41) is 2.34. The molecule has 19 heavy (non-hydrogen) atoms. The third kappa shape index (κ3) is 3.15. The van der Waals surface area contributed by atoms with Crippen LogP contribution in [0, 0.1) is 6.92 Å². The Morgan fingerprint density at radius 2 is 2.37 bits per heavy atom. The molecule has 0 spiro atoms. The van der Waals surface area contributed by atoms with Crippen LogP contribution in [-0.2, 0) is 9.47 Å². The zero-order valence-electron chi connectivity index (χ0n) is 10.9. The Morgan fingerprint density at radius 1 is 1.58 bits per heavy atom. The van der Waals surface area contributed by atoms with Crippen molar-refractivity contribution in [3.05, 3.63) is 29.8 Å². The molecule has 2 rings (SSSR count). The van der Waals surface area contributed by atoms with Crippen LogP contribution in [0.15, 0.2) is 24.3 Å². The highest BCUT2D eigenvalue weighted by Gasteiger charge is 2.33. The summed E-state index contributed by atoms with van der Waals surface area (Å²) >= 11 is 0. The Morgan fingerprint density at radius 3 is 3.05 bits per heavy atom. The van der Waals surface area contributed by atoms with Gasteiger partial charge in [-0.1, -0.05) is 12.1 Å². The number of aryl methyl sites for hydroxylation is 1. The standard InChI is InChI=1S/C13H16N2O4/c1-9-4-3-5-10(6-9)15-7-11(19-13(15)17)8-18-12(16)14-2/h3-6,11H,7-8H2,1-2H3,(H,14,16). The van der Waals surface area contributed by atoms with E-state index >= 15 is 0 Å². The van der Waals surface area contributed by atoms with E-state index in [1.807, 2.05) is 31.2 Å². The lowest BCUT2D eigenvalue weighted by atomic mass is 10.2. The van der Waals surface area contributed by atoms with Gasteiger partial charge in [-0.3, -0.25) is 4.90 Å². The van der Waals surface area contributed by atoms with E-state index in [1.54, 1.807) is 0 Å². The first-order chi connectivity index (χ1) is 9.10. The fraction of sp³-hybridized carbons (Fsp3) is 0.385. The van der Waals surface area contributed by atoms with Crippen molar-refractivity contribution in [1.29, 1.82) is 0 Å². The Bertz CT molecular complexity index is 489. The average molecular weight is 264 g/mol. The van der Waals surface area contributed by atoms with Crippen molar-refractivity contribution in [2.24, 2.45) is 0 Å². The Labute approximate surface area is 111 Å². The molecule has 1 unspecified atom stereocenters. The molecule has 1 aromatic rings. The quantitative estimate of drug-likeness (QED) is 0.901. The zero-order chi connectivity index (χ0) is 13.8. The van der Waals surface area contributed by atoms with Crippen LogP contribution in [0.3, 0.4) is 0 Å². The highest BCUT2D eigenvalue weighted by Crippen LogP contribution is 2.22. The second kappa shape index (κ2) is 5.60. The molecule has 2 amide bonds. The lowest BCUT2D eigenvalue weighted by Gasteiger charge is -2.13. The highest BCUT2D eigenvalue weighted by atomic mass is 16.6. The molecule has 6 nitrogen and oxygen atoms in total. The van der Waals surface area contributed by atoms with E-state index in [0.717, 1.165) is 11.3 Å². The first-order valence-corrected chi connectivity index (χ1v) is 5.99. The third-order valence-corrected chi connectivity index (χ3v) is 2.79. The number of rotatable bonds is 3. The molecule has 1 aliphatic rings. The Kier molecular flexibility index (Phi) is 3.89. The molecule has 1 heterocycles. The molecule has 0 saturated carbocycles. The van der Waals surface area contributed by atoms with Crippen LogP contribution in [0.4, 0.5) is 15.3 Å². The molecule has 0 aliphatic carbocycles. The van der Waals surface area contributed by atoms with Crippen molar-refractivity contribution in [2.75, 3.05) is 25.1 Å². The molecule has 1 fully saturated rings. The molecular weight excluding hydrogens is 248 g/mol. The van der Waals surface area contributed by atoms with Gasteiger partial charge in [-0.05, 0) is 24.6 Å². The predicted octanol–water partition coefficient (Wildman–Crippen LogP) is 1.68. The van der Waals surface area contributed by atoms with Gasteiger partial charge < -0.3 is 14.8 Å². The van der Waals surface area contributed by atoms with Crippen LogP contribution in [0.25, 0.3) is 0 Å². The van der Waals surface area contributed by atoms with Gasteiger partial charge >= 0.3 is 12.2 Å². The fourth-order valence-corrected chi connectivity index (χ4v) is 1.86. The Hall–Kier alpha value is -2.24. The maximum atomic E-state index is 11.8. The first kappa shape index (κ1) is 13.2. The minimum absolute atomic E-state index is 0.0493. The number of hydrogen-bond donors (Lipinski definition) is 1. The molecular formula is C13H16N2O4. The van der Waals surface area contributed by atoms with E-state index in [1.165, 1.54) is 11.9 Å². The summed E-state index contributed by atoms with van der Waals surface area (Å²) in [6.07, 6.45) is -1.40. The number of alkyl carbamates (subject to hydrolysis) is 1. The van der Waals surface area contributed by atoms with E-state index < -0.39 is 18.3 Å².